The molecule has 0 unspecified atom stereocenters. The van der Waals surface area contributed by atoms with Crippen molar-refractivity contribution in [1.82, 2.24) is 9.88 Å². The minimum atomic E-state index is 0.357. The number of piperidine rings is 1. The van der Waals surface area contributed by atoms with Crippen molar-refractivity contribution in [3.05, 3.63) is 23.9 Å². The van der Waals surface area contributed by atoms with E-state index in [1.807, 2.05) is 18.2 Å². The number of anilines is 1. The molecule has 0 radical (unpaired) electrons. The highest BCUT2D eigenvalue weighted by Crippen LogP contribution is 2.20. The molecule has 4 nitrogen and oxygen atoms in total. The Balaban J connectivity index is 2.05. The number of thiocarbonyl (C=S) groups is 1. The normalized spacial score (nSPS) is 17.4. The molecule has 1 aliphatic rings. The molecular formula is C14H22N4S. The smallest absolute Gasteiger partial charge is 0.129 e. The Labute approximate surface area is 120 Å². The molecule has 0 spiro atoms. The Morgan fingerprint density at radius 1 is 1.47 bits per heavy atom. The van der Waals surface area contributed by atoms with E-state index in [4.69, 9.17) is 18.0 Å². The monoisotopic (exact) mass is 278 g/mol. The molecule has 1 fully saturated rings. The number of hydrogen-bond donors (Lipinski definition) is 1. The highest BCUT2D eigenvalue weighted by Gasteiger charge is 2.22. The molecular weight excluding hydrogens is 256 g/mol. The zero-order valence-corrected chi connectivity index (χ0v) is 12.5. The SMILES string of the molecule is CCN1CCC(N(C)c2cccc(C(N)=S)n2)CC1. The summed E-state index contributed by atoms with van der Waals surface area (Å²) in [7, 11) is 2.11. The van der Waals surface area contributed by atoms with Crippen molar-refractivity contribution >= 4 is 23.0 Å². The maximum Gasteiger partial charge on any atom is 0.129 e. The molecule has 0 bridgehead atoms. The van der Waals surface area contributed by atoms with Gasteiger partial charge in [-0.1, -0.05) is 25.2 Å². The molecule has 0 aromatic carbocycles. The van der Waals surface area contributed by atoms with Crippen LogP contribution in [0.4, 0.5) is 5.82 Å². The van der Waals surface area contributed by atoms with Gasteiger partial charge in [0.2, 0.25) is 0 Å². The highest BCUT2D eigenvalue weighted by molar-refractivity contribution is 7.80. The van der Waals surface area contributed by atoms with Crippen LogP contribution >= 0.6 is 12.2 Å². The third-order valence-corrected chi connectivity index (χ3v) is 4.11. The summed E-state index contributed by atoms with van der Waals surface area (Å²) in [5, 5.41) is 0. The minimum Gasteiger partial charge on any atom is -0.388 e. The molecule has 2 N–H and O–H groups in total. The van der Waals surface area contributed by atoms with Gasteiger partial charge in [-0.05, 0) is 31.5 Å². The topological polar surface area (TPSA) is 45.4 Å². The molecule has 0 amide bonds. The molecule has 5 heteroatoms. The van der Waals surface area contributed by atoms with Gasteiger partial charge in [0.1, 0.15) is 10.8 Å². The van der Waals surface area contributed by atoms with Crippen molar-refractivity contribution in [2.24, 2.45) is 5.73 Å². The van der Waals surface area contributed by atoms with Crippen molar-refractivity contribution in [3.8, 4) is 0 Å². The standard InChI is InChI=1S/C14H22N4S/c1-3-18-9-7-11(8-10-18)17(2)13-6-4-5-12(16-13)14(15)19/h4-6,11H,3,7-10H2,1-2H3,(H2,15,19). The van der Waals surface area contributed by atoms with E-state index in [0.717, 1.165) is 12.4 Å². The zero-order chi connectivity index (χ0) is 13.8. The van der Waals surface area contributed by atoms with Crippen LogP contribution in [0.25, 0.3) is 0 Å². The van der Waals surface area contributed by atoms with Crippen LogP contribution in [-0.4, -0.2) is 47.6 Å². The first-order valence-electron chi connectivity index (χ1n) is 6.84. The van der Waals surface area contributed by atoms with Crippen LogP contribution in [0.15, 0.2) is 18.2 Å². The molecule has 1 saturated heterocycles. The first-order chi connectivity index (χ1) is 9.11. The summed E-state index contributed by atoms with van der Waals surface area (Å²) in [6, 6.07) is 6.40. The average molecular weight is 278 g/mol. The summed E-state index contributed by atoms with van der Waals surface area (Å²) in [5.41, 5.74) is 6.34. The molecule has 0 aliphatic carbocycles. The van der Waals surface area contributed by atoms with Gasteiger partial charge in [0, 0.05) is 26.2 Å². The van der Waals surface area contributed by atoms with E-state index in [2.05, 4.69) is 28.8 Å². The lowest BCUT2D eigenvalue weighted by atomic mass is 10.0. The van der Waals surface area contributed by atoms with E-state index in [1.165, 1.54) is 25.9 Å². The first-order valence-corrected chi connectivity index (χ1v) is 7.24. The van der Waals surface area contributed by atoms with Crippen molar-refractivity contribution in [1.29, 1.82) is 0 Å². The largest absolute Gasteiger partial charge is 0.388 e. The Morgan fingerprint density at radius 3 is 2.74 bits per heavy atom. The Kier molecular flexibility index (Phi) is 4.71. The number of likely N-dealkylation sites (tertiary alicyclic amines) is 1. The van der Waals surface area contributed by atoms with E-state index in [9.17, 15) is 0 Å². The number of pyridine rings is 1. The maximum absolute atomic E-state index is 5.64. The van der Waals surface area contributed by atoms with E-state index >= 15 is 0 Å². The third kappa shape index (κ3) is 3.42. The molecule has 19 heavy (non-hydrogen) atoms. The zero-order valence-electron chi connectivity index (χ0n) is 11.7. The van der Waals surface area contributed by atoms with Crippen molar-refractivity contribution in [2.75, 3.05) is 31.6 Å². The molecule has 104 valence electrons. The van der Waals surface area contributed by atoms with Crippen LogP contribution < -0.4 is 10.6 Å². The van der Waals surface area contributed by atoms with E-state index in [-0.39, 0.29) is 0 Å². The number of aromatic nitrogens is 1. The molecule has 1 aliphatic heterocycles. The van der Waals surface area contributed by atoms with Gasteiger partial charge >= 0.3 is 0 Å². The minimum absolute atomic E-state index is 0.357. The summed E-state index contributed by atoms with van der Waals surface area (Å²) in [4.78, 5) is 9.64. The molecule has 2 heterocycles. The first kappa shape index (κ1) is 14.2. The maximum atomic E-state index is 5.64. The highest BCUT2D eigenvalue weighted by atomic mass is 32.1. The van der Waals surface area contributed by atoms with E-state index < -0.39 is 0 Å². The van der Waals surface area contributed by atoms with Crippen molar-refractivity contribution in [3.63, 3.8) is 0 Å². The van der Waals surface area contributed by atoms with Crippen LogP contribution in [-0.2, 0) is 0 Å². The average Bonchev–Trinajstić information content (AvgIpc) is 2.46. The molecule has 0 atom stereocenters. The van der Waals surface area contributed by atoms with Gasteiger partial charge in [-0.3, -0.25) is 0 Å². The fraction of sp³-hybridized carbons (Fsp3) is 0.571. The van der Waals surface area contributed by atoms with Crippen LogP contribution in [0.3, 0.4) is 0 Å². The fourth-order valence-electron chi connectivity index (χ4n) is 2.57. The molecule has 0 saturated carbocycles. The summed E-state index contributed by atoms with van der Waals surface area (Å²) < 4.78 is 0. The predicted octanol–water partition coefficient (Wildman–Crippen LogP) is 1.64. The summed E-state index contributed by atoms with van der Waals surface area (Å²) >= 11 is 4.99. The predicted molar refractivity (Wildman–Crippen MR) is 83.7 cm³/mol. The van der Waals surface area contributed by atoms with Crippen LogP contribution in [0.5, 0.6) is 0 Å². The fourth-order valence-corrected chi connectivity index (χ4v) is 2.68. The lowest BCUT2D eigenvalue weighted by molar-refractivity contribution is 0.220. The summed E-state index contributed by atoms with van der Waals surface area (Å²) in [5.74, 6) is 0.959. The van der Waals surface area contributed by atoms with Gasteiger partial charge in [-0.25, -0.2) is 4.98 Å². The van der Waals surface area contributed by atoms with Crippen LogP contribution in [0, 0.1) is 0 Å². The van der Waals surface area contributed by atoms with Gasteiger partial charge in [0.15, 0.2) is 0 Å². The second-order valence-corrected chi connectivity index (χ2v) is 5.46. The van der Waals surface area contributed by atoms with E-state index in [1.54, 1.807) is 0 Å². The molecule has 1 aromatic heterocycles. The summed E-state index contributed by atoms with van der Waals surface area (Å²) in [6.45, 7) is 5.70. The van der Waals surface area contributed by atoms with Crippen LogP contribution in [0.1, 0.15) is 25.5 Å². The van der Waals surface area contributed by atoms with E-state index in [0.29, 0.717) is 16.7 Å². The van der Waals surface area contributed by atoms with Gasteiger partial charge < -0.3 is 15.5 Å². The van der Waals surface area contributed by atoms with Crippen LogP contribution in [0.2, 0.25) is 0 Å². The Hall–Kier alpha value is -1.20. The van der Waals surface area contributed by atoms with Gasteiger partial charge in [-0.15, -0.1) is 0 Å². The lowest BCUT2D eigenvalue weighted by Gasteiger charge is -2.36. The Bertz CT molecular complexity index is 441. The second-order valence-electron chi connectivity index (χ2n) is 5.02. The van der Waals surface area contributed by atoms with Gasteiger partial charge in [0.25, 0.3) is 0 Å². The molecule has 2 rings (SSSR count). The molecule has 1 aromatic rings. The van der Waals surface area contributed by atoms with Crippen molar-refractivity contribution < 1.29 is 0 Å². The lowest BCUT2D eigenvalue weighted by Crippen LogP contribution is -2.43. The number of rotatable bonds is 4. The van der Waals surface area contributed by atoms with Gasteiger partial charge in [-0.2, -0.15) is 0 Å². The number of nitrogens with zero attached hydrogens (tertiary/aromatic N) is 3. The second kappa shape index (κ2) is 6.30. The number of nitrogens with two attached hydrogens (primary N) is 1. The number of hydrogen-bond acceptors (Lipinski definition) is 4. The van der Waals surface area contributed by atoms with Crippen molar-refractivity contribution in [2.45, 2.75) is 25.8 Å². The third-order valence-electron chi connectivity index (χ3n) is 3.90. The summed E-state index contributed by atoms with van der Waals surface area (Å²) in [6.07, 6.45) is 2.37. The Morgan fingerprint density at radius 2 is 2.16 bits per heavy atom. The quantitative estimate of drug-likeness (QED) is 0.848. The van der Waals surface area contributed by atoms with Gasteiger partial charge in [0.05, 0.1) is 5.69 Å².